The Morgan fingerprint density at radius 2 is 1.93 bits per heavy atom. The smallest absolute Gasteiger partial charge is 0.328 e. The van der Waals surface area contributed by atoms with Gasteiger partial charge in [-0.1, -0.05) is 42.5 Å². The van der Waals surface area contributed by atoms with Gasteiger partial charge in [0, 0.05) is 12.0 Å². The number of carboxylic acids is 1. The Balaban J connectivity index is 1.54. The normalized spacial score (nSPS) is 16.2. The number of ether oxygens (including phenoxy) is 2. The lowest BCUT2D eigenvalue weighted by Gasteiger charge is -2.18. The highest BCUT2D eigenvalue weighted by Gasteiger charge is 2.30. The quantitative estimate of drug-likeness (QED) is 0.714. The molecule has 7 nitrogen and oxygen atoms in total. The number of benzene rings is 2. The van der Waals surface area contributed by atoms with Crippen molar-refractivity contribution in [2.45, 2.75) is 25.2 Å². The molecule has 0 radical (unpaired) electrons. The average Bonchev–Trinajstić information content (AvgIpc) is 3.24. The number of carbonyl (C=O) groups is 2. The number of hydrogen-bond donors (Lipinski definition) is 2. The van der Waals surface area contributed by atoms with Gasteiger partial charge in [-0.25, -0.2) is 4.79 Å². The van der Waals surface area contributed by atoms with E-state index in [0.717, 1.165) is 5.56 Å². The predicted molar refractivity (Wildman–Crippen MR) is 104 cm³/mol. The molecule has 2 unspecified atom stereocenters. The zero-order valence-electron chi connectivity index (χ0n) is 15.6. The number of rotatable bonds is 8. The molecule has 1 amide bonds. The summed E-state index contributed by atoms with van der Waals surface area (Å²) in [5.74, 6) is -1.29. The lowest BCUT2D eigenvalue weighted by Crippen LogP contribution is -2.47. The van der Waals surface area contributed by atoms with Crippen molar-refractivity contribution in [1.82, 2.24) is 5.32 Å². The van der Waals surface area contributed by atoms with Crippen molar-refractivity contribution < 1.29 is 24.2 Å². The molecular formula is C22H20N2O5. The molecule has 2 N–H and O–H groups in total. The summed E-state index contributed by atoms with van der Waals surface area (Å²) < 4.78 is 11.1. The van der Waals surface area contributed by atoms with Crippen LogP contribution in [0.5, 0.6) is 0 Å². The predicted octanol–water partition coefficient (Wildman–Crippen LogP) is 2.47. The summed E-state index contributed by atoms with van der Waals surface area (Å²) in [6.45, 7) is 0.0807. The summed E-state index contributed by atoms with van der Waals surface area (Å²) in [4.78, 5) is 23.9. The first-order valence-corrected chi connectivity index (χ1v) is 9.09. The Labute approximate surface area is 168 Å². The monoisotopic (exact) mass is 392 g/mol. The van der Waals surface area contributed by atoms with Crippen molar-refractivity contribution in [2.75, 3.05) is 6.61 Å². The van der Waals surface area contributed by atoms with Crippen LogP contribution in [0.15, 0.2) is 60.7 Å². The minimum atomic E-state index is -1.19. The molecule has 1 aliphatic rings. The molecular weight excluding hydrogens is 372 g/mol. The summed E-state index contributed by atoms with van der Waals surface area (Å²) in [6, 6.07) is 17.2. The first-order valence-electron chi connectivity index (χ1n) is 9.09. The molecule has 1 heterocycles. The van der Waals surface area contributed by atoms with E-state index in [1.807, 2.05) is 30.3 Å². The third-order valence-electron chi connectivity index (χ3n) is 4.40. The number of carboxylic acid groups (broad SMARTS) is 1. The van der Waals surface area contributed by atoms with Gasteiger partial charge in [0.1, 0.15) is 5.76 Å². The van der Waals surface area contributed by atoms with Gasteiger partial charge in [0.25, 0.3) is 5.91 Å². The number of hydrogen-bond acceptors (Lipinski definition) is 5. The summed E-state index contributed by atoms with van der Waals surface area (Å²) in [6.07, 6.45) is 1.16. The molecule has 1 aliphatic heterocycles. The Bertz CT molecular complexity index is 949. The number of nitriles is 1. The Morgan fingerprint density at radius 3 is 2.66 bits per heavy atom. The van der Waals surface area contributed by atoms with Gasteiger partial charge in [-0.3, -0.25) is 4.79 Å². The zero-order chi connectivity index (χ0) is 20.6. The van der Waals surface area contributed by atoms with Crippen LogP contribution in [0.2, 0.25) is 0 Å². The van der Waals surface area contributed by atoms with Crippen LogP contribution >= 0.6 is 0 Å². The fraction of sp³-hybridized carbons (Fsp3) is 0.227. The van der Waals surface area contributed by atoms with Gasteiger partial charge in [0.2, 0.25) is 0 Å². The van der Waals surface area contributed by atoms with Crippen molar-refractivity contribution in [3.05, 3.63) is 77.4 Å². The number of amides is 1. The average molecular weight is 392 g/mol. The molecule has 0 spiro atoms. The second kappa shape index (κ2) is 9.53. The summed E-state index contributed by atoms with van der Waals surface area (Å²) in [5, 5.41) is 21.0. The van der Waals surface area contributed by atoms with Crippen LogP contribution in [0.1, 0.15) is 23.1 Å². The van der Waals surface area contributed by atoms with Crippen LogP contribution in [-0.4, -0.2) is 35.7 Å². The van der Waals surface area contributed by atoms with E-state index in [0.29, 0.717) is 16.9 Å². The second-order valence-electron chi connectivity index (χ2n) is 6.47. The molecule has 0 aliphatic carbocycles. The first kappa shape index (κ1) is 20.1. The van der Waals surface area contributed by atoms with Gasteiger partial charge >= 0.3 is 5.97 Å². The van der Waals surface area contributed by atoms with Crippen LogP contribution < -0.4 is 5.32 Å². The zero-order valence-corrected chi connectivity index (χ0v) is 15.6. The molecule has 148 valence electrons. The maximum Gasteiger partial charge on any atom is 0.328 e. The molecule has 2 atom stereocenters. The van der Waals surface area contributed by atoms with Crippen LogP contribution in [0, 0.1) is 11.3 Å². The molecule has 2 aromatic carbocycles. The maximum absolute atomic E-state index is 12.5. The third kappa shape index (κ3) is 5.21. The summed E-state index contributed by atoms with van der Waals surface area (Å²) in [7, 11) is 0. The van der Waals surface area contributed by atoms with E-state index in [-0.39, 0.29) is 19.6 Å². The van der Waals surface area contributed by atoms with Gasteiger partial charge in [-0.2, -0.15) is 5.26 Å². The molecule has 0 bridgehead atoms. The molecule has 0 saturated carbocycles. The lowest BCUT2D eigenvalue weighted by atomic mass is 10.1. The van der Waals surface area contributed by atoms with E-state index >= 15 is 0 Å². The van der Waals surface area contributed by atoms with E-state index in [9.17, 15) is 20.0 Å². The fourth-order valence-corrected chi connectivity index (χ4v) is 2.90. The molecule has 3 rings (SSSR count). The van der Waals surface area contributed by atoms with E-state index in [4.69, 9.17) is 9.47 Å². The SMILES string of the molecule is N#Cc1ccccc1C1=CCC(C(=O)NC(COCc2ccccc2)C(=O)O)O1. The minimum absolute atomic E-state index is 0.166. The van der Waals surface area contributed by atoms with Crippen LogP contribution in [0.3, 0.4) is 0 Å². The second-order valence-corrected chi connectivity index (χ2v) is 6.47. The van der Waals surface area contributed by atoms with E-state index in [1.165, 1.54) is 0 Å². The van der Waals surface area contributed by atoms with Crippen molar-refractivity contribution in [3.8, 4) is 6.07 Å². The largest absolute Gasteiger partial charge is 0.480 e. The fourth-order valence-electron chi connectivity index (χ4n) is 2.90. The molecule has 7 heteroatoms. The molecule has 0 fully saturated rings. The van der Waals surface area contributed by atoms with E-state index in [1.54, 1.807) is 30.3 Å². The Kier molecular flexibility index (Phi) is 6.61. The topological polar surface area (TPSA) is 109 Å². The first-order chi connectivity index (χ1) is 14.1. The standard InChI is InChI=1S/C22H20N2O5/c23-12-16-8-4-5-9-17(16)19-10-11-20(29-19)21(25)24-18(22(26)27)14-28-13-15-6-2-1-3-7-15/h1-10,18,20H,11,13-14H2,(H,24,25)(H,26,27). The molecule has 0 saturated heterocycles. The third-order valence-corrected chi connectivity index (χ3v) is 4.40. The van der Waals surface area contributed by atoms with Crippen molar-refractivity contribution in [2.24, 2.45) is 0 Å². The number of nitrogens with zero attached hydrogens (tertiary/aromatic N) is 1. The van der Waals surface area contributed by atoms with Crippen molar-refractivity contribution in [1.29, 1.82) is 5.26 Å². The van der Waals surface area contributed by atoms with Crippen LogP contribution in [0.4, 0.5) is 0 Å². The number of carbonyl (C=O) groups excluding carboxylic acids is 1. The Hall–Kier alpha value is -3.63. The van der Waals surface area contributed by atoms with E-state index < -0.39 is 24.0 Å². The Morgan fingerprint density at radius 1 is 1.21 bits per heavy atom. The highest BCUT2D eigenvalue weighted by atomic mass is 16.5. The molecule has 29 heavy (non-hydrogen) atoms. The van der Waals surface area contributed by atoms with Crippen LogP contribution in [0.25, 0.3) is 5.76 Å². The molecule has 2 aromatic rings. The summed E-state index contributed by atoms with van der Waals surface area (Å²) in [5.41, 5.74) is 1.95. The minimum Gasteiger partial charge on any atom is -0.480 e. The van der Waals surface area contributed by atoms with Gasteiger partial charge in [-0.15, -0.1) is 0 Å². The maximum atomic E-state index is 12.5. The van der Waals surface area contributed by atoms with Gasteiger partial charge in [-0.05, 0) is 23.8 Å². The molecule has 0 aromatic heterocycles. The number of nitrogens with one attached hydrogen (secondary N) is 1. The van der Waals surface area contributed by atoms with Gasteiger partial charge in [0.15, 0.2) is 12.1 Å². The van der Waals surface area contributed by atoms with Crippen molar-refractivity contribution in [3.63, 3.8) is 0 Å². The lowest BCUT2D eigenvalue weighted by molar-refractivity contribution is -0.145. The van der Waals surface area contributed by atoms with Gasteiger partial charge in [0.05, 0.1) is 24.8 Å². The van der Waals surface area contributed by atoms with E-state index in [2.05, 4.69) is 11.4 Å². The highest BCUT2D eigenvalue weighted by Crippen LogP contribution is 2.28. The summed E-state index contributed by atoms with van der Waals surface area (Å²) >= 11 is 0. The van der Waals surface area contributed by atoms with Crippen LogP contribution in [-0.2, 0) is 25.7 Å². The van der Waals surface area contributed by atoms with Crippen molar-refractivity contribution >= 4 is 17.6 Å². The number of aliphatic carboxylic acids is 1. The highest BCUT2D eigenvalue weighted by molar-refractivity contribution is 5.88. The van der Waals surface area contributed by atoms with Gasteiger partial charge < -0.3 is 19.9 Å².